The van der Waals surface area contributed by atoms with Gasteiger partial charge in [0.15, 0.2) is 0 Å². The van der Waals surface area contributed by atoms with E-state index in [4.69, 9.17) is 13.8 Å². The molecule has 1 rings (SSSR count). The summed E-state index contributed by atoms with van der Waals surface area (Å²) in [5.74, 6) is 0. The molecular formula is C13H22NO4PS. The third-order valence-electron chi connectivity index (χ3n) is 2.77. The fourth-order valence-electron chi connectivity index (χ4n) is 1.63. The molecule has 7 heteroatoms. The molecule has 0 aliphatic heterocycles. The van der Waals surface area contributed by atoms with Gasteiger partial charge in [-0.15, -0.1) is 0 Å². The zero-order valence-electron chi connectivity index (χ0n) is 12.3. The highest BCUT2D eigenvalue weighted by atomic mass is 32.2. The highest BCUT2D eigenvalue weighted by molar-refractivity contribution is 7.93. The Morgan fingerprint density at radius 2 is 1.60 bits per heavy atom. The minimum Gasteiger partial charge on any atom is -0.305 e. The highest BCUT2D eigenvalue weighted by Crippen LogP contribution is 2.46. The number of hydrogen-bond acceptors (Lipinski definition) is 5. The normalized spacial score (nSPS) is 15.2. The van der Waals surface area contributed by atoms with Crippen molar-refractivity contribution >= 4 is 22.6 Å². The number of nitrogens with one attached hydrogen (secondary N) is 1. The summed E-state index contributed by atoms with van der Waals surface area (Å²) in [7, 11) is -6.16. The van der Waals surface area contributed by atoms with Crippen molar-refractivity contribution in [3.63, 3.8) is 0 Å². The molecule has 0 saturated carbocycles. The Balaban J connectivity index is 3.16. The molecule has 0 fully saturated rings. The van der Waals surface area contributed by atoms with Crippen LogP contribution in [0.3, 0.4) is 0 Å². The Kier molecular flexibility index (Phi) is 5.95. The van der Waals surface area contributed by atoms with Crippen LogP contribution in [0.4, 0.5) is 0 Å². The summed E-state index contributed by atoms with van der Waals surface area (Å²) in [6.07, 6.45) is 0. The van der Waals surface area contributed by atoms with Gasteiger partial charge in [0, 0.05) is 10.1 Å². The zero-order valence-corrected chi connectivity index (χ0v) is 14.0. The van der Waals surface area contributed by atoms with E-state index in [1.165, 1.54) is 0 Å². The van der Waals surface area contributed by atoms with Crippen LogP contribution in [0, 0.1) is 4.78 Å². The Bertz CT molecular complexity index is 571. The van der Waals surface area contributed by atoms with Crippen molar-refractivity contribution in [1.29, 1.82) is 4.78 Å². The smallest absolute Gasteiger partial charge is 0.305 e. The molecule has 0 bridgehead atoms. The van der Waals surface area contributed by atoms with Crippen molar-refractivity contribution in [3.8, 4) is 0 Å². The Morgan fingerprint density at radius 1 is 1.15 bits per heavy atom. The van der Waals surface area contributed by atoms with Crippen LogP contribution in [0.5, 0.6) is 0 Å². The number of benzene rings is 1. The molecule has 114 valence electrons. The van der Waals surface area contributed by atoms with Crippen molar-refractivity contribution in [2.24, 2.45) is 0 Å². The molecule has 1 aromatic rings. The summed E-state index contributed by atoms with van der Waals surface area (Å²) >= 11 is 0. The van der Waals surface area contributed by atoms with Gasteiger partial charge in [-0.1, -0.05) is 0 Å². The zero-order chi connectivity index (χ0) is 15.4. The summed E-state index contributed by atoms with van der Waals surface area (Å²) in [4.78, 5) is 0.427. The fourth-order valence-corrected chi connectivity index (χ4v) is 4.28. The highest BCUT2D eigenvalue weighted by Gasteiger charge is 2.27. The van der Waals surface area contributed by atoms with Crippen LogP contribution in [-0.4, -0.2) is 22.7 Å². The summed E-state index contributed by atoms with van der Waals surface area (Å²) < 4.78 is 43.2. The number of rotatable bonds is 7. The largest absolute Gasteiger partial charge is 0.361 e. The van der Waals surface area contributed by atoms with Gasteiger partial charge in [-0.3, -0.25) is 4.57 Å². The van der Waals surface area contributed by atoms with Gasteiger partial charge in [0.05, 0.1) is 28.2 Å². The van der Waals surface area contributed by atoms with E-state index >= 15 is 0 Å². The summed E-state index contributed by atoms with van der Waals surface area (Å²) in [6.45, 7) is 7.54. The van der Waals surface area contributed by atoms with E-state index in [1.807, 2.05) is 0 Å². The Morgan fingerprint density at radius 3 is 1.95 bits per heavy atom. The van der Waals surface area contributed by atoms with Crippen LogP contribution in [0.1, 0.15) is 27.7 Å². The molecule has 0 heterocycles. The third kappa shape index (κ3) is 3.70. The summed E-state index contributed by atoms with van der Waals surface area (Å²) in [5.41, 5.74) is 0. The van der Waals surface area contributed by atoms with Crippen LogP contribution < -0.4 is 5.30 Å². The van der Waals surface area contributed by atoms with Crippen LogP contribution in [-0.2, 0) is 23.3 Å². The number of hydrogen-bond donors (Lipinski definition) is 1. The SMILES string of the molecule is CCOP(=O)(OCC)c1ccc(S(=N)(=O)C(C)C)cc1. The van der Waals surface area contributed by atoms with Crippen molar-refractivity contribution in [3.05, 3.63) is 24.3 Å². The molecule has 1 atom stereocenters. The second-order valence-corrected chi connectivity index (χ2v) is 9.12. The Labute approximate surface area is 121 Å². The van der Waals surface area contributed by atoms with E-state index < -0.39 is 17.3 Å². The molecule has 1 unspecified atom stereocenters. The van der Waals surface area contributed by atoms with Gasteiger partial charge in [-0.2, -0.15) is 0 Å². The second-order valence-electron chi connectivity index (χ2n) is 4.48. The van der Waals surface area contributed by atoms with E-state index in [-0.39, 0.29) is 18.5 Å². The van der Waals surface area contributed by atoms with Crippen LogP contribution >= 0.6 is 7.60 Å². The fraction of sp³-hybridized carbons (Fsp3) is 0.538. The predicted octanol–water partition coefficient (Wildman–Crippen LogP) is 3.39. The van der Waals surface area contributed by atoms with E-state index in [1.54, 1.807) is 52.0 Å². The van der Waals surface area contributed by atoms with Gasteiger partial charge in [-0.25, -0.2) is 8.99 Å². The summed E-state index contributed by atoms with van der Waals surface area (Å²) in [6, 6.07) is 6.26. The van der Waals surface area contributed by atoms with Gasteiger partial charge in [0.2, 0.25) is 0 Å². The van der Waals surface area contributed by atoms with Crippen molar-refractivity contribution in [1.82, 2.24) is 0 Å². The van der Waals surface area contributed by atoms with Gasteiger partial charge in [0.25, 0.3) is 0 Å². The summed E-state index contributed by atoms with van der Waals surface area (Å²) in [5, 5.41) is 0.142. The second kappa shape index (κ2) is 6.85. The lowest BCUT2D eigenvalue weighted by molar-refractivity contribution is 0.230. The maximum atomic E-state index is 12.5. The molecule has 20 heavy (non-hydrogen) atoms. The van der Waals surface area contributed by atoms with Crippen molar-refractivity contribution in [2.75, 3.05) is 13.2 Å². The molecule has 0 aromatic heterocycles. The first-order chi connectivity index (χ1) is 9.28. The van der Waals surface area contributed by atoms with E-state index in [0.29, 0.717) is 10.2 Å². The monoisotopic (exact) mass is 319 g/mol. The van der Waals surface area contributed by atoms with E-state index in [2.05, 4.69) is 0 Å². The average molecular weight is 319 g/mol. The van der Waals surface area contributed by atoms with Crippen LogP contribution in [0.25, 0.3) is 0 Å². The quantitative estimate of drug-likeness (QED) is 0.782. The topological polar surface area (TPSA) is 76.5 Å². The molecule has 1 aromatic carbocycles. The third-order valence-corrected chi connectivity index (χ3v) is 7.19. The molecule has 0 spiro atoms. The van der Waals surface area contributed by atoms with Crippen LogP contribution in [0.15, 0.2) is 29.2 Å². The van der Waals surface area contributed by atoms with Gasteiger partial charge < -0.3 is 9.05 Å². The molecule has 0 radical (unpaired) electrons. The van der Waals surface area contributed by atoms with Crippen molar-refractivity contribution in [2.45, 2.75) is 37.8 Å². The maximum Gasteiger partial charge on any atom is 0.361 e. The van der Waals surface area contributed by atoms with E-state index in [9.17, 15) is 8.77 Å². The minimum atomic E-state index is -3.32. The maximum absolute atomic E-state index is 12.5. The lowest BCUT2D eigenvalue weighted by Crippen LogP contribution is -2.15. The first kappa shape index (κ1) is 17.4. The molecule has 5 nitrogen and oxygen atoms in total. The minimum absolute atomic E-state index is 0.278. The predicted molar refractivity (Wildman–Crippen MR) is 81.2 cm³/mol. The van der Waals surface area contributed by atoms with Gasteiger partial charge in [0.1, 0.15) is 0 Å². The molecule has 0 aliphatic carbocycles. The average Bonchev–Trinajstić information content (AvgIpc) is 2.39. The van der Waals surface area contributed by atoms with E-state index in [0.717, 1.165) is 0 Å². The van der Waals surface area contributed by atoms with Crippen molar-refractivity contribution < 1.29 is 17.8 Å². The Hall–Kier alpha value is -0.680. The standard InChI is InChI=1S/C13H22NO4PS/c1-5-17-19(15,18-6-2)12-7-9-13(10-8-12)20(14,16)11(3)4/h7-11,14H,5-6H2,1-4H3. The molecular weight excluding hydrogens is 297 g/mol. The molecule has 0 amide bonds. The van der Waals surface area contributed by atoms with Gasteiger partial charge in [-0.05, 0) is 52.0 Å². The first-order valence-electron chi connectivity index (χ1n) is 6.55. The lowest BCUT2D eigenvalue weighted by Gasteiger charge is -2.18. The molecule has 1 N–H and O–H groups in total. The van der Waals surface area contributed by atoms with Crippen LogP contribution in [0.2, 0.25) is 0 Å². The first-order valence-corrected chi connectivity index (χ1v) is 9.71. The molecule has 0 saturated heterocycles. The lowest BCUT2D eigenvalue weighted by atomic mass is 10.4. The van der Waals surface area contributed by atoms with Gasteiger partial charge >= 0.3 is 7.60 Å². The molecule has 0 aliphatic rings.